The number of halogens is 1. The van der Waals surface area contributed by atoms with Crippen molar-refractivity contribution in [1.29, 1.82) is 0 Å². The quantitative estimate of drug-likeness (QED) is 0.319. The molecule has 0 saturated carbocycles. The number of nitrogens with two attached hydrogens (primary N) is 1. The molecule has 39 heavy (non-hydrogen) atoms. The first-order valence-corrected chi connectivity index (χ1v) is 13.5. The summed E-state index contributed by atoms with van der Waals surface area (Å²) in [6.45, 7) is 1.98. The van der Waals surface area contributed by atoms with Crippen molar-refractivity contribution in [2.45, 2.75) is 25.3 Å². The Bertz CT molecular complexity index is 1490. The Balaban J connectivity index is 1.46. The lowest BCUT2D eigenvalue weighted by atomic mass is 10.0. The van der Waals surface area contributed by atoms with Crippen LogP contribution < -0.4 is 20.7 Å². The lowest BCUT2D eigenvalue weighted by Crippen LogP contribution is -2.42. The maximum Gasteiger partial charge on any atom is 0.227 e. The summed E-state index contributed by atoms with van der Waals surface area (Å²) in [6.07, 6.45) is 11.9. The molecule has 4 aromatic rings. The van der Waals surface area contributed by atoms with Crippen LogP contribution in [0.2, 0.25) is 5.02 Å². The van der Waals surface area contributed by atoms with Gasteiger partial charge in [-0.05, 0) is 63.3 Å². The van der Waals surface area contributed by atoms with Crippen molar-refractivity contribution in [3.63, 3.8) is 0 Å². The standard InChI is InChI=1S/C29H35ClN8O/c1-36(2)22-8-12-38(13-9-22)25-16-26(39-4)24(15-19(25)6-5-10-31)34-29-33-18-23(30)27(35-29)21-14-20-7-11-37(3)28(20)32-17-21/h5,7,10-11,14-18,22H,6,8-9,12-13,31H2,1-4H3,(H,33,34,35). The number of hydrogen-bond acceptors (Lipinski definition) is 8. The minimum absolute atomic E-state index is 0.417. The fourth-order valence-corrected chi connectivity index (χ4v) is 5.39. The van der Waals surface area contributed by atoms with E-state index in [4.69, 9.17) is 27.1 Å². The number of fused-ring (bicyclic) bond motifs is 1. The first-order valence-electron chi connectivity index (χ1n) is 13.1. The van der Waals surface area contributed by atoms with Gasteiger partial charge in [0.15, 0.2) is 0 Å². The number of benzene rings is 1. The normalized spacial score (nSPS) is 14.6. The smallest absolute Gasteiger partial charge is 0.227 e. The van der Waals surface area contributed by atoms with Crippen molar-refractivity contribution in [2.24, 2.45) is 12.8 Å². The topological polar surface area (TPSA) is 97.4 Å². The summed E-state index contributed by atoms with van der Waals surface area (Å²) in [7, 11) is 7.96. The van der Waals surface area contributed by atoms with E-state index in [0.717, 1.165) is 59.5 Å². The predicted molar refractivity (Wildman–Crippen MR) is 159 cm³/mol. The Hall–Kier alpha value is -3.82. The van der Waals surface area contributed by atoms with Gasteiger partial charge in [-0.3, -0.25) is 0 Å². The van der Waals surface area contributed by atoms with Crippen LogP contribution in [0.4, 0.5) is 17.3 Å². The second-order valence-electron chi connectivity index (χ2n) is 10.1. The van der Waals surface area contributed by atoms with Gasteiger partial charge in [0.2, 0.25) is 5.95 Å². The fraction of sp³-hybridized carbons (Fsp3) is 0.345. The first kappa shape index (κ1) is 26.8. The number of pyridine rings is 1. The van der Waals surface area contributed by atoms with E-state index in [-0.39, 0.29) is 0 Å². The number of anilines is 3. The molecule has 1 aliphatic rings. The molecule has 4 heterocycles. The number of ether oxygens (including phenoxy) is 1. The molecule has 3 aromatic heterocycles. The maximum atomic E-state index is 6.53. The molecule has 0 aliphatic carbocycles. The number of hydrogen-bond donors (Lipinski definition) is 2. The summed E-state index contributed by atoms with van der Waals surface area (Å²) in [5, 5.41) is 4.83. The van der Waals surface area contributed by atoms with Gasteiger partial charge in [0.25, 0.3) is 0 Å². The Labute approximate surface area is 234 Å². The zero-order valence-corrected chi connectivity index (χ0v) is 23.6. The number of aryl methyl sites for hydroxylation is 1. The fourth-order valence-electron chi connectivity index (χ4n) is 5.19. The Kier molecular flexibility index (Phi) is 7.90. The molecule has 0 spiro atoms. The summed E-state index contributed by atoms with van der Waals surface area (Å²) in [5.41, 5.74) is 11.1. The molecular weight excluding hydrogens is 512 g/mol. The van der Waals surface area contributed by atoms with Gasteiger partial charge in [-0.1, -0.05) is 17.7 Å². The summed E-state index contributed by atoms with van der Waals surface area (Å²) >= 11 is 6.53. The van der Waals surface area contributed by atoms with Crippen LogP contribution in [0.15, 0.2) is 55.1 Å². The maximum absolute atomic E-state index is 6.53. The Morgan fingerprint density at radius 3 is 2.69 bits per heavy atom. The molecule has 1 aliphatic heterocycles. The van der Waals surface area contributed by atoms with Crippen molar-refractivity contribution in [3.05, 3.63) is 65.7 Å². The van der Waals surface area contributed by atoms with E-state index in [2.05, 4.69) is 51.3 Å². The highest BCUT2D eigenvalue weighted by molar-refractivity contribution is 6.33. The van der Waals surface area contributed by atoms with Gasteiger partial charge in [-0.2, -0.15) is 0 Å². The van der Waals surface area contributed by atoms with Gasteiger partial charge < -0.3 is 30.2 Å². The van der Waals surface area contributed by atoms with Gasteiger partial charge in [-0.15, -0.1) is 0 Å². The molecule has 1 saturated heterocycles. The van der Waals surface area contributed by atoms with Crippen molar-refractivity contribution in [2.75, 3.05) is 44.5 Å². The third kappa shape index (κ3) is 5.65. The minimum Gasteiger partial charge on any atom is -0.494 e. The third-order valence-electron chi connectivity index (χ3n) is 7.38. The van der Waals surface area contributed by atoms with Crippen molar-refractivity contribution >= 4 is 40.0 Å². The number of aromatic nitrogens is 4. The lowest BCUT2D eigenvalue weighted by molar-refractivity contribution is 0.249. The van der Waals surface area contributed by atoms with E-state index in [1.165, 1.54) is 0 Å². The zero-order chi connectivity index (χ0) is 27.5. The number of nitrogens with one attached hydrogen (secondary N) is 1. The number of allylic oxidation sites excluding steroid dienone is 1. The summed E-state index contributed by atoms with van der Waals surface area (Å²) in [5.74, 6) is 1.13. The molecule has 3 N–H and O–H groups in total. The van der Waals surface area contributed by atoms with Crippen molar-refractivity contribution in [1.82, 2.24) is 24.4 Å². The number of piperidine rings is 1. The number of methoxy groups -OCH3 is 1. The monoisotopic (exact) mass is 546 g/mol. The van der Waals surface area contributed by atoms with Gasteiger partial charge in [-0.25, -0.2) is 15.0 Å². The molecule has 0 amide bonds. The molecule has 0 radical (unpaired) electrons. The highest BCUT2D eigenvalue weighted by Gasteiger charge is 2.24. The largest absolute Gasteiger partial charge is 0.494 e. The van der Waals surface area contributed by atoms with Gasteiger partial charge in [0.05, 0.1) is 29.7 Å². The molecule has 5 rings (SSSR count). The van der Waals surface area contributed by atoms with Gasteiger partial charge in [0.1, 0.15) is 11.4 Å². The first-order chi connectivity index (χ1) is 18.9. The molecular formula is C29H35ClN8O. The summed E-state index contributed by atoms with van der Waals surface area (Å²) in [6, 6.07) is 8.86. The zero-order valence-electron chi connectivity index (χ0n) is 22.9. The van der Waals surface area contributed by atoms with E-state index in [9.17, 15) is 0 Å². The lowest BCUT2D eigenvalue weighted by Gasteiger charge is -2.37. The van der Waals surface area contributed by atoms with E-state index < -0.39 is 0 Å². The number of nitrogens with zero attached hydrogens (tertiary/aromatic N) is 6. The van der Waals surface area contributed by atoms with Crippen molar-refractivity contribution in [3.8, 4) is 17.0 Å². The molecule has 1 aromatic carbocycles. The van der Waals surface area contributed by atoms with Crippen molar-refractivity contribution < 1.29 is 4.74 Å². The molecule has 0 atom stereocenters. The molecule has 10 heteroatoms. The van der Waals surface area contributed by atoms with Crippen LogP contribution in [-0.4, -0.2) is 64.8 Å². The molecule has 204 valence electrons. The van der Waals surface area contributed by atoms with Crippen LogP contribution in [-0.2, 0) is 13.5 Å². The molecule has 0 bridgehead atoms. The highest BCUT2D eigenvalue weighted by atomic mass is 35.5. The van der Waals surface area contributed by atoms with E-state index in [1.54, 1.807) is 25.7 Å². The predicted octanol–water partition coefficient (Wildman–Crippen LogP) is 4.98. The highest BCUT2D eigenvalue weighted by Crippen LogP contribution is 2.37. The van der Waals surface area contributed by atoms with Crippen LogP contribution in [0, 0.1) is 0 Å². The van der Waals surface area contributed by atoms with Crippen LogP contribution in [0.5, 0.6) is 5.75 Å². The van der Waals surface area contributed by atoms with Crippen LogP contribution in [0.25, 0.3) is 22.3 Å². The van der Waals surface area contributed by atoms with E-state index in [0.29, 0.717) is 34.9 Å². The second kappa shape index (κ2) is 11.5. The van der Waals surface area contributed by atoms with E-state index in [1.807, 2.05) is 36.0 Å². The van der Waals surface area contributed by atoms with Crippen LogP contribution in [0.3, 0.4) is 0 Å². The summed E-state index contributed by atoms with van der Waals surface area (Å²) in [4.78, 5) is 18.5. The average Bonchev–Trinajstić information content (AvgIpc) is 3.32. The van der Waals surface area contributed by atoms with E-state index >= 15 is 0 Å². The van der Waals surface area contributed by atoms with Crippen LogP contribution >= 0.6 is 11.6 Å². The third-order valence-corrected chi connectivity index (χ3v) is 7.66. The molecule has 1 fully saturated rings. The second-order valence-corrected chi connectivity index (χ2v) is 10.5. The van der Waals surface area contributed by atoms with Crippen LogP contribution in [0.1, 0.15) is 18.4 Å². The SMILES string of the molecule is COc1cc(N2CCC(N(C)C)CC2)c(CC=CN)cc1Nc1ncc(Cl)c(-c2cnc3c(ccn3C)c2)n1. The molecule has 9 nitrogen and oxygen atoms in total. The Morgan fingerprint density at radius 2 is 1.97 bits per heavy atom. The molecule has 0 unspecified atom stereocenters. The number of rotatable bonds is 8. The Morgan fingerprint density at radius 1 is 1.18 bits per heavy atom. The van der Waals surface area contributed by atoms with Gasteiger partial charge >= 0.3 is 0 Å². The van der Waals surface area contributed by atoms with Gasteiger partial charge in [0, 0.05) is 61.3 Å². The average molecular weight is 547 g/mol. The summed E-state index contributed by atoms with van der Waals surface area (Å²) < 4.78 is 7.80. The minimum atomic E-state index is 0.417.